The van der Waals surface area contributed by atoms with E-state index in [1.165, 1.54) is 25.0 Å². The van der Waals surface area contributed by atoms with E-state index >= 15 is 4.39 Å². The highest BCUT2D eigenvalue weighted by molar-refractivity contribution is 5.91. The van der Waals surface area contributed by atoms with E-state index in [-0.39, 0.29) is 5.56 Å². The Balaban J connectivity index is 1.43. The Morgan fingerprint density at radius 3 is 2.56 bits per heavy atom. The highest BCUT2D eigenvalue weighted by Crippen LogP contribution is 2.54. The number of alkyl halides is 2. The molecule has 1 aliphatic heterocycles. The number of aromatic nitrogens is 2. The summed E-state index contributed by atoms with van der Waals surface area (Å²) in [5.41, 5.74) is -1.08. The van der Waals surface area contributed by atoms with Crippen molar-refractivity contribution >= 4 is 16.7 Å². The zero-order valence-corrected chi connectivity index (χ0v) is 23.4. The van der Waals surface area contributed by atoms with Gasteiger partial charge in [-0.25, -0.2) is 14.4 Å². The molecule has 0 amide bonds. The van der Waals surface area contributed by atoms with Crippen molar-refractivity contribution in [2.24, 2.45) is 5.41 Å². The van der Waals surface area contributed by atoms with Crippen molar-refractivity contribution in [3.63, 3.8) is 0 Å². The maximum Gasteiger partial charge on any atom is 0.303 e. The molecule has 2 aromatic carbocycles. The summed E-state index contributed by atoms with van der Waals surface area (Å²) in [6.07, 6.45) is 3.75. The first-order valence-electron chi connectivity index (χ1n) is 13.5. The summed E-state index contributed by atoms with van der Waals surface area (Å²) >= 11 is 0. The Kier molecular flexibility index (Phi) is 6.82. The van der Waals surface area contributed by atoms with Crippen LogP contribution in [0, 0.1) is 25.1 Å². The molecule has 39 heavy (non-hydrogen) atoms. The summed E-state index contributed by atoms with van der Waals surface area (Å²) in [7, 11) is 2.15. The lowest BCUT2D eigenvalue weighted by Crippen LogP contribution is -2.41. The van der Waals surface area contributed by atoms with Gasteiger partial charge in [0.25, 0.3) is 0 Å². The van der Waals surface area contributed by atoms with Gasteiger partial charge in [-0.3, -0.25) is 4.90 Å². The van der Waals surface area contributed by atoms with E-state index in [4.69, 9.17) is 4.74 Å². The number of likely N-dealkylation sites (N-methyl/N-ethyl adjacent to an activating group) is 1. The second-order valence-corrected chi connectivity index (χ2v) is 12.0. The zero-order chi connectivity index (χ0) is 28.3. The lowest BCUT2D eigenvalue weighted by molar-refractivity contribution is -0.170. The van der Waals surface area contributed by atoms with E-state index in [1.54, 1.807) is 13.8 Å². The number of aliphatic hydroxyl groups is 1. The van der Waals surface area contributed by atoms with E-state index in [0.717, 1.165) is 44.2 Å². The fraction of sp³-hybridized carbons (Fsp3) is 0.533. The number of benzene rings is 2. The molecule has 2 fully saturated rings. The van der Waals surface area contributed by atoms with Crippen molar-refractivity contribution in [2.75, 3.05) is 25.5 Å². The molecule has 1 saturated heterocycles. The first kappa shape index (κ1) is 27.6. The number of rotatable bonds is 8. The van der Waals surface area contributed by atoms with Gasteiger partial charge in [0.15, 0.2) is 0 Å². The highest BCUT2D eigenvalue weighted by Gasteiger charge is 2.51. The van der Waals surface area contributed by atoms with Crippen molar-refractivity contribution in [1.29, 1.82) is 0 Å². The first-order valence-corrected chi connectivity index (χ1v) is 13.5. The highest BCUT2D eigenvalue weighted by atomic mass is 19.3. The number of nitrogens with zero attached hydrogens (tertiary/aromatic N) is 3. The number of hydrogen-bond donors (Lipinski definition) is 2. The molecule has 3 aromatic rings. The summed E-state index contributed by atoms with van der Waals surface area (Å²) in [5, 5.41) is 13.9. The largest absolute Gasteiger partial charge is 0.492 e. The van der Waals surface area contributed by atoms with Gasteiger partial charge in [-0.05, 0) is 90.1 Å². The Bertz CT molecular complexity index is 1400. The van der Waals surface area contributed by atoms with Crippen LogP contribution in [0.2, 0.25) is 0 Å². The molecule has 2 heterocycles. The minimum atomic E-state index is -3.78. The van der Waals surface area contributed by atoms with Crippen molar-refractivity contribution in [3.8, 4) is 5.75 Å². The summed E-state index contributed by atoms with van der Waals surface area (Å²) in [6.45, 7) is 9.07. The van der Waals surface area contributed by atoms with Crippen LogP contribution in [0.3, 0.4) is 0 Å². The number of nitrogens with one attached hydrogen (secondary N) is 1. The molecule has 2 N–H and O–H groups in total. The van der Waals surface area contributed by atoms with Crippen LogP contribution in [0.15, 0.2) is 30.3 Å². The smallest absolute Gasteiger partial charge is 0.303 e. The summed E-state index contributed by atoms with van der Waals surface area (Å²) in [5.74, 6) is -3.12. The van der Waals surface area contributed by atoms with Crippen LogP contribution < -0.4 is 10.1 Å². The molecule has 0 unspecified atom stereocenters. The van der Waals surface area contributed by atoms with Crippen molar-refractivity contribution in [3.05, 3.63) is 58.7 Å². The van der Waals surface area contributed by atoms with Crippen molar-refractivity contribution in [1.82, 2.24) is 14.9 Å². The fourth-order valence-corrected chi connectivity index (χ4v) is 5.67. The number of aryl methyl sites for hydroxylation is 2. The summed E-state index contributed by atoms with van der Waals surface area (Å²) < 4.78 is 51.4. The van der Waals surface area contributed by atoms with Gasteiger partial charge in [0, 0.05) is 23.5 Å². The molecule has 0 radical (unpaired) electrons. The molecule has 6 nitrogen and oxygen atoms in total. The van der Waals surface area contributed by atoms with Gasteiger partial charge in [0.05, 0.1) is 17.1 Å². The second kappa shape index (κ2) is 9.63. The number of fused-ring (bicyclic) bond motifs is 1. The lowest BCUT2D eigenvalue weighted by Gasteiger charge is -2.30. The van der Waals surface area contributed by atoms with Gasteiger partial charge in [-0.1, -0.05) is 12.1 Å². The predicted molar refractivity (Wildman–Crippen MR) is 146 cm³/mol. The number of hydrogen-bond acceptors (Lipinski definition) is 6. The maximum atomic E-state index is 15.4. The third-order valence-electron chi connectivity index (χ3n) is 8.32. The van der Waals surface area contributed by atoms with Crippen LogP contribution in [0.25, 0.3) is 10.9 Å². The van der Waals surface area contributed by atoms with Crippen LogP contribution in [0.4, 0.5) is 19.0 Å². The average Bonchev–Trinajstić information content (AvgIpc) is 3.51. The van der Waals surface area contributed by atoms with Gasteiger partial charge in [-0.2, -0.15) is 8.78 Å². The van der Waals surface area contributed by atoms with Gasteiger partial charge in [-0.15, -0.1) is 0 Å². The van der Waals surface area contributed by atoms with Crippen molar-refractivity contribution < 1.29 is 23.0 Å². The van der Waals surface area contributed by atoms with Gasteiger partial charge < -0.3 is 15.2 Å². The lowest BCUT2D eigenvalue weighted by atomic mass is 9.91. The van der Waals surface area contributed by atoms with Gasteiger partial charge in [0.1, 0.15) is 35.4 Å². The molecule has 1 spiro atoms. The first-order chi connectivity index (χ1) is 18.2. The third kappa shape index (κ3) is 5.18. The maximum absolute atomic E-state index is 15.4. The minimum absolute atomic E-state index is 0.0442. The number of halogens is 3. The molecule has 1 aliphatic carbocycles. The van der Waals surface area contributed by atoms with Gasteiger partial charge >= 0.3 is 5.92 Å². The SMILES string of the molecule is Cc1nc(N[C@H](C)c2cccc(C(F)(F)C(C)(C)O)c2F)c2cc(OC[C@@H]3CC4(CC4)CN3C)c(C)cc2n1. The Morgan fingerprint density at radius 1 is 1.21 bits per heavy atom. The molecular formula is C30H37F3N4O2. The quantitative estimate of drug-likeness (QED) is 0.349. The van der Waals surface area contributed by atoms with E-state index < -0.39 is 28.9 Å². The molecular weight excluding hydrogens is 505 g/mol. The van der Waals surface area contributed by atoms with E-state index in [0.29, 0.717) is 40.6 Å². The number of likely N-dealkylation sites (tertiary alicyclic amines) is 1. The second-order valence-electron chi connectivity index (χ2n) is 12.0. The fourth-order valence-electron chi connectivity index (χ4n) is 5.67. The van der Waals surface area contributed by atoms with E-state index in [1.807, 2.05) is 19.1 Å². The van der Waals surface area contributed by atoms with Crippen LogP contribution in [-0.2, 0) is 5.92 Å². The molecule has 0 bridgehead atoms. The standard InChI is InChI=1S/C30H37F3N4O2/c1-17-12-24-22(13-25(17)39-15-20-14-29(10-11-29)16-37(20)6)27(36-19(3)35-24)34-18(2)21-8-7-9-23(26(21)31)30(32,33)28(4,5)38/h7-9,12-13,18,20,38H,10-11,14-16H2,1-6H3,(H,34,35,36)/t18-,20+/m1/s1. The summed E-state index contributed by atoms with van der Waals surface area (Å²) in [6, 6.07) is 7.34. The molecule has 210 valence electrons. The Morgan fingerprint density at radius 2 is 1.92 bits per heavy atom. The molecule has 2 aliphatic rings. The van der Waals surface area contributed by atoms with Crippen LogP contribution in [0.5, 0.6) is 5.75 Å². The van der Waals surface area contributed by atoms with Crippen molar-refractivity contribution in [2.45, 2.75) is 77.5 Å². The predicted octanol–water partition coefficient (Wildman–Crippen LogP) is 6.28. The van der Waals surface area contributed by atoms with Crippen LogP contribution in [0.1, 0.15) is 68.6 Å². The van der Waals surface area contributed by atoms with Gasteiger partial charge in [0.2, 0.25) is 0 Å². The normalized spacial score (nSPS) is 20.0. The van der Waals surface area contributed by atoms with E-state index in [2.05, 4.69) is 27.2 Å². The Labute approximate surface area is 227 Å². The monoisotopic (exact) mass is 542 g/mol. The minimum Gasteiger partial charge on any atom is -0.492 e. The topological polar surface area (TPSA) is 70.5 Å². The van der Waals surface area contributed by atoms with E-state index in [9.17, 15) is 13.9 Å². The molecule has 1 saturated carbocycles. The average molecular weight is 543 g/mol. The van der Waals surface area contributed by atoms with Crippen LogP contribution in [-0.4, -0.2) is 51.8 Å². The third-order valence-corrected chi connectivity index (χ3v) is 8.32. The molecule has 1 aromatic heterocycles. The molecule has 9 heteroatoms. The molecule has 5 rings (SSSR count). The van der Waals surface area contributed by atoms with Crippen LogP contribution >= 0.6 is 0 Å². The number of anilines is 1. The zero-order valence-electron chi connectivity index (χ0n) is 23.4. The molecule has 2 atom stereocenters. The Hall–Kier alpha value is -2.91. The summed E-state index contributed by atoms with van der Waals surface area (Å²) in [4.78, 5) is 11.5. The number of ether oxygens (including phenoxy) is 1.